The van der Waals surface area contributed by atoms with Gasteiger partial charge in [-0.3, -0.25) is 9.88 Å². The third kappa shape index (κ3) is 9.90. The molecular weight excluding hydrogens is 542 g/mol. The molecule has 2 fully saturated rings. The highest BCUT2D eigenvalue weighted by molar-refractivity contribution is 5.73. The summed E-state index contributed by atoms with van der Waals surface area (Å²) in [5.41, 5.74) is 1.36. The molecular formula is C24H26F6N2O7. The van der Waals surface area contributed by atoms with Crippen LogP contribution in [0, 0.1) is 11.3 Å². The molecule has 39 heavy (non-hydrogen) atoms. The van der Waals surface area contributed by atoms with Crippen LogP contribution in [0.25, 0.3) is 0 Å². The minimum Gasteiger partial charge on any atom is -0.497 e. The van der Waals surface area contributed by atoms with Gasteiger partial charge in [0.2, 0.25) is 0 Å². The fraction of sp³-hybridized carbons (Fsp3) is 0.458. The zero-order valence-corrected chi connectivity index (χ0v) is 20.5. The lowest BCUT2D eigenvalue weighted by atomic mass is 9.82. The summed E-state index contributed by atoms with van der Waals surface area (Å²) < 4.78 is 80.6. The third-order valence-electron chi connectivity index (χ3n) is 5.78. The lowest BCUT2D eigenvalue weighted by Crippen LogP contribution is -2.36. The number of ether oxygens (including phenoxy) is 3. The summed E-state index contributed by atoms with van der Waals surface area (Å²) in [6, 6.07) is 12.2. The minimum atomic E-state index is -5.08. The first-order chi connectivity index (χ1) is 18.2. The van der Waals surface area contributed by atoms with E-state index in [9.17, 15) is 26.3 Å². The van der Waals surface area contributed by atoms with Crippen LogP contribution < -0.4 is 9.47 Å². The van der Waals surface area contributed by atoms with Crippen molar-refractivity contribution < 1.29 is 60.4 Å². The average molecular weight is 568 g/mol. The molecule has 1 aromatic carbocycles. The summed E-state index contributed by atoms with van der Waals surface area (Å²) in [5, 5.41) is 14.2. The van der Waals surface area contributed by atoms with E-state index in [1.54, 1.807) is 19.5 Å². The van der Waals surface area contributed by atoms with Gasteiger partial charge < -0.3 is 24.4 Å². The van der Waals surface area contributed by atoms with E-state index in [-0.39, 0.29) is 5.41 Å². The van der Waals surface area contributed by atoms with Gasteiger partial charge in [0.15, 0.2) is 0 Å². The highest BCUT2D eigenvalue weighted by Gasteiger charge is 2.51. The molecule has 2 aliphatic rings. The van der Waals surface area contributed by atoms with Crippen LogP contribution in [0.1, 0.15) is 5.56 Å². The molecule has 15 heteroatoms. The summed E-state index contributed by atoms with van der Waals surface area (Å²) >= 11 is 0. The zero-order chi connectivity index (χ0) is 29.3. The van der Waals surface area contributed by atoms with Gasteiger partial charge in [-0.2, -0.15) is 26.3 Å². The number of hydrogen-bond donors (Lipinski definition) is 2. The molecule has 4 rings (SSSR count). The molecule has 0 spiro atoms. The van der Waals surface area contributed by atoms with Gasteiger partial charge in [-0.05, 0) is 29.8 Å². The number of carbonyl (C=O) groups is 2. The maximum absolute atomic E-state index is 10.6. The fourth-order valence-electron chi connectivity index (χ4n) is 3.96. The van der Waals surface area contributed by atoms with E-state index < -0.39 is 24.3 Å². The number of aromatic nitrogens is 1. The normalized spacial score (nSPS) is 20.5. The van der Waals surface area contributed by atoms with Crippen LogP contribution in [0.3, 0.4) is 0 Å². The van der Waals surface area contributed by atoms with Crippen LogP contribution in [0.15, 0.2) is 48.8 Å². The number of fused-ring (bicyclic) bond motifs is 1. The number of rotatable bonds is 6. The number of pyridine rings is 1. The van der Waals surface area contributed by atoms with Gasteiger partial charge >= 0.3 is 24.3 Å². The smallest absolute Gasteiger partial charge is 0.490 e. The predicted octanol–water partition coefficient (Wildman–Crippen LogP) is 3.88. The van der Waals surface area contributed by atoms with Gasteiger partial charge in [0, 0.05) is 37.2 Å². The topological polar surface area (TPSA) is 118 Å². The molecule has 216 valence electrons. The Hall–Kier alpha value is -3.59. The standard InChI is InChI=1S/C20H24N2O3.2C2HF3O2/c1-23-18-5-2-4-16(8-18)10-22-11-17-12-24-14-20(17,13-22)15-25-19-6-3-7-21-9-19;2*3-2(4,5)1(6)7/h2-9,17H,10-15H2,1H3;2*(H,6,7)/t17-,20+;;/m1../s1. The number of aliphatic carboxylic acids is 2. The van der Waals surface area contributed by atoms with E-state index in [1.165, 1.54) is 5.56 Å². The molecule has 0 amide bonds. The highest BCUT2D eigenvalue weighted by atomic mass is 19.4. The Kier molecular flexibility index (Phi) is 10.9. The van der Waals surface area contributed by atoms with E-state index in [2.05, 4.69) is 28.1 Å². The minimum absolute atomic E-state index is 0.0781. The monoisotopic (exact) mass is 568 g/mol. The summed E-state index contributed by atoms with van der Waals surface area (Å²) in [4.78, 5) is 24.4. The molecule has 0 aliphatic carbocycles. The van der Waals surface area contributed by atoms with Gasteiger partial charge in [0.25, 0.3) is 0 Å². The van der Waals surface area contributed by atoms with Crippen LogP contribution in [0.2, 0.25) is 0 Å². The summed E-state index contributed by atoms with van der Waals surface area (Å²) in [7, 11) is 1.71. The van der Waals surface area contributed by atoms with Crippen LogP contribution >= 0.6 is 0 Å². The van der Waals surface area contributed by atoms with E-state index >= 15 is 0 Å². The molecule has 9 nitrogen and oxygen atoms in total. The number of benzene rings is 1. The van der Waals surface area contributed by atoms with Crippen LogP contribution in [0.4, 0.5) is 26.3 Å². The van der Waals surface area contributed by atoms with Gasteiger partial charge in [0.05, 0.1) is 33.1 Å². The second-order valence-electron chi connectivity index (χ2n) is 8.68. The Labute approximate surface area is 218 Å². The number of methoxy groups -OCH3 is 1. The van der Waals surface area contributed by atoms with Crippen LogP contribution in [-0.2, 0) is 20.9 Å². The second-order valence-corrected chi connectivity index (χ2v) is 8.68. The number of hydrogen-bond acceptors (Lipinski definition) is 7. The van der Waals surface area contributed by atoms with Gasteiger partial charge in [-0.1, -0.05) is 12.1 Å². The number of nitrogens with zero attached hydrogens (tertiary/aromatic N) is 2. The molecule has 0 radical (unpaired) electrons. The Balaban J connectivity index is 0.000000317. The lowest BCUT2D eigenvalue weighted by molar-refractivity contribution is -0.193. The highest BCUT2D eigenvalue weighted by Crippen LogP contribution is 2.42. The van der Waals surface area contributed by atoms with Crippen molar-refractivity contribution >= 4 is 11.9 Å². The molecule has 0 bridgehead atoms. The van der Waals surface area contributed by atoms with Crippen molar-refractivity contribution in [1.82, 2.24) is 9.88 Å². The van der Waals surface area contributed by atoms with Crippen molar-refractivity contribution in [1.29, 1.82) is 0 Å². The van der Waals surface area contributed by atoms with E-state index in [0.717, 1.165) is 44.3 Å². The summed E-state index contributed by atoms with van der Waals surface area (Å²) in [5.74, 6) is -3.25. The first kappa shape index (κ1) is 31.6. The van der Waals surface area contributed by atoms with E-state index in [1.807, 2.05) is 18.2 Å². The van der Waals surface area contributed by atoms with Crippen molar-refractivity contribution in [3.8, 4) is 11.5 Å². The quantitative estimate of drug-likeness (QED) is 0.501. The number of likely N-dealkylation sites (tertiary alicyclic amines) is 1. The van der Waals surface area contributed by atoms with Crippen LogP contribution in [0.5, 0.6) is 11.5 Å². The van der Waals surface area contributed by atoms with Gasteiger partial charge in [0.1, 0.15) is 11.5 Å². The molecule has 2 N–H and O–H groups in total. The van der Waals surface area contributed by atoms with E-state index in [4.69, 9.17) is 34.0 Å². The summed E-state index contributed by atoms with van der Waals surface area (Å²) in [6.45, 7) is 5.25. The van der Waals surface area contributed by atoms with Crippen LogP contribution in [-0.4, -0.2) is 84.4 Å². The Morgan fingerprint density at radius 1 is 1.08 bits per heavy atom. The summed E-state index contributed by atoms with van der Waals surface area (Å²) in [6.07, 6.45) is -6.64. The van der Waals surface area contributed by atoms with Crippen molar-refractivity contribution in [3.05, 3.63) is 54.4 Å². The van der Waals surface area contributed by atoms with Crippen molar-refractivity contribution in [2.45, 2.75) is 18.9 Å². The molecule has 2 aliphatic heterocycles. The SMILES string of the molecule is COc1cccc(CN2C[C@@H]3COC[C@]3(COc3cccnc3)C2)c1.O=C(O)C(F)(F)F.O=C(O)C(F)(F)F. The molecule has 2 aromatic rings. The number of carboxylic acid groups (broad SMARTS) is 2. The van der Waals surface area contributed by atoms with Crippen molar-refractivity contribution in [2.24, 2.45) is 11.3 Å². The third-order valence-corrected chi connectivity index (χ3v) is 5.78. The first-order valence-corrected chi connectivity index (χ1v) is 11.2. The van der Waals surface area contributed by atoms with E-state index in [0.29, 0.717) is 12.5 Å². The maximum Gasteiger partial charge on any atom is 0.490 e. The Bertz CT molecular complexity index is 1060. The Morgan fingerprint density at radius 3 is 2.23 bits per heavy atom. The molecule has 2 atom stereocenters. The number of halogens is 6. The molecule has 0 saturated carbocycles. The maximum atomic E-state index is 10.6. The molecule has 0 unspecified atom stereocenters. The largest absolute Gasteiger partial charge is 0.497 e. The average Bonchev–Trinajstić information content (AvgIpc) is 3.40. The van der Waals surface area contributed by atoms with Crippen molar-refractivity contribution in [3.63, 3.8) is 0 Å². The Morgan fingerprint density at radius 2 is 1.69 bits per heavy atom. The second kappa shape index (κ2) is 13.5. The number of alkyl halides is 6. The zero-order valence-electron chi connectivity index (χ0n) is 20.5. The number of carboxylic acids is 2. The molecule has 2 saturated heterocycles. The van der Waals surface area contributed by atoms with Gasteiger partial charge in [-0.25, -0.2) is 9.59 Å². The molecule has 1 aromatic heterocycles. The molecule has 3 heterocycles. The first-order valence-electron chi connectivity index (χ1n) is 11.2. The van der Waals surface area contributed by atoms with Crippen molar-refractivity contribution in [2.75, 3.05) is 40.0 Å². The lowest BCUT2D eigenvalue weighted by Gasteiger charge is -2.27. The predicted molar refractivity (Wildman–Crippen MR) is 122 cm³/mol. The fourth-order valence-corrected chi connectivity index (χ4v) is 3.96. The van der Waals surface area contributed by atoms with Gasteiger partial charge in [-0.15, -0.1) is 0 Å².